The van der Waals surface area contributed by atoms with E-state index < -0.39 is 9.84 Å². The Morgan fingerprint density at radius 1 is 1.50 bits per heavy atom. The minimum Gasteiger partial charge on any atom is -0.271 e. The van der Waals surface area contributed by atoms with Crippen molar-refractivity contribution in [2.75, 3.05) is 12.0 Å². The molecule has 0 amide bonds. The fourth-order valence-corrected chi connectivity index (χ4v) is 1.58. The average molecular weight is 216 g/mol. The van der Waals surface area contributed by atoms with Gasteiger partial charge in [0.2, 0.25) is 0 Å². The Hall–Kier alpha value is -0.840. The van der Waals surface area contributed by atoms with Gasteiger partial charge in [0.05, 0.1) is 18.5 Å². The minimum absolute atomic E-state index is 0.145. The van der Waals surface area contributed by atoms with Crippen molar-refractivity contribution in [2.45, 2.75) is 26.3 Å². The molecule has 0 aliphatic heterocycles. The second kappa shape index (κ2) is 4.13. The van der Waals surface area contributed by atoms with Gasteiger partial charge in [-0.2, -0.15) is 5.10 Å². The third kappa shape index (κ3) is 3.49. The van der Waals surface area contributed by atoms with E-state index in [0.29, 0.717) is 12.5 Å². The number of hydrogen-bond acceptors (Lipinski definition) is 3. The van der Waals surface area contributed by atoms with Gasteiger partial charge in [-0.3, -0.25) is 4.68 Å². The Kier molecular flexibility index (Phi) is 3.31. The topological polar surface area (TPSA) is 52.0 Å². The summed E-state index contributed by atoms with van der Waals surface area (Å²) in [5.74, 6) is 0.577. The number of aromatic nitrogens is 2. The quantitative estimate of drug-likeness (QED) is 0.756. The average Bonchev–Trinajstić information content (AvgIpc) is 2.47. The molecule has 0 aliphatic rings. The fourth-order valence-electron chi connectivity index (χ4n) is 1.06. The summed E-state index contributed by atoms with van der Waals surface area (Å²) in [6.45, 7) is 4.60. The van der Waals surface area contributed by atoms with E-state index in [1.807, 2.05) is 6.20 Å². The summed E-state index contributed by atoms with van der Waals surface area (Å²) in [5, 5.41) is 4.09. The van der Waals surface area contributed by atoms with Crippen LogP contribution in [0.1, 0.15) is 25.3 Å². The van der Waals surface area contributed by atoms with Crippen LogP contribution in [0.25, 0.3) is 0 Å². The highest BCUT2D eigenvalue weighted by Crippen LogP contribution is 2.11. The molecule has 0 aliphatic carbocycles. The molecule has 0 fully saturated rings. The molecule has 0 bridgehead atoms. The number of aryl methyl sites for hydroxylation is 1. The van der Waals surface area contributed by atoms with Gasteiger partial charge in [-0.25, -0.2) is 8.42 Å². The van der Waals surface area contributed by atoms with Crippen LogP contribution in [0, 0.1) is 0 Å². The lowest BCUT2D eigenvalue weighted by Crippen LogP contribution is -2.11. The van der Waals surface area contributed by atoms with E-state index >= 15 is 0 Å². The van der Waals surface area contributed by atoms with E-state index in [9.17, 15) is 8.42 Å². The molecule has 0 spiro atoms. The highest BCUT2D eigenvalue weighted by molar-refractivity contribution is 7.90. The first-order valence-corrected chi connectivity index (χ1v) is 6.64. The van der Waals surface area contributed by atoms with Crippen LogP contribution < -0.4 is 0 Å². The monoisotopic (exact) mass is 216 g/mol. The largest absolute Gasteiger partial charge is 0.271 e. The molecular weight excluding hydrogens is 200 g/mol. The van der Waals surface area contributed by atoms with Crippen LogP contribution in [0.3, 0.4) is 0 Å². The molecule has 4 nitrogen and oxygen atoms in total. The van der Waals surface area contributed by atoms with Gasteiger partial charge in [0, 0.05) is 12.5 Å². The standard InChI is InChI=1S/C9H16N2O2S/c1-8(2)9-6-10-11(7-9)4-5-14(3,12)13/h6-8H,4-5H2,1-3H3. The molecule has 0 atom stereocenters. The lowest BCUT2D eigenvalue weighted by molar-refractivity contribution is 0.586. The minimum atomic E-state index is -2.89. The van der Waals surface area contributed by atoms with E-state index in [0.717, 1.165) is 5.56 Å². The van der Waals surface area contributed by atoms with Crippen molar-refractivity contribution in [1.29, 1.82) is 0 Å². The van der Waals surface area contributed by atoms with Crippen LogP contribution in [0.5, 0.6) is 0 Å². The highest BCUT2D eigenvalue weighted by atomic mass is 32.2. The predicted octanol–water partition coefficient (Wildman–Crippen LogP) is 1.05. The van der Waals surface area contributed by atoms with Crippen LogP contribution in [0.15, 0.2) is 12.4 Å². The number of nitrogens with zero attached hydrogens (tertiary/aromatic N) is 2. The van der Waals surface area contributed by atoms with E-state index in [4.69, 9.17) is 0 Å². The Balaban J connectivity index is 2.61. The summed E-state index contributed by atoms with van der Waals surface area (Å²) in [6.07, 6.45) is 4.92. The van der Waals surface area contributed by atoms with Crippen molar-refractivity contribution in [2.24, 2.45) is 0 Å². The first-order chi connectivity index (χ1) is 6.38. The molecular formula is C9H16N2O2S. The van der Waals surface area contributed by atoms with Crippen molar-refractivity contribution in [3.05, 3.63) is 18.0 Å². The van der Waals surface area contributed by atoms with Crippen LogP contribution in [-0.4, -0.2) is 30.2 Å². The Morgan fingerprint density at radius 3 is 2.57 bits per heavy atom. The van der Waals surface area contributed by atoms with Gasteiger partial charge in [-0.15, -0.1) is 0 Å². The maximum Gasteiger partial charge on any atom is 0.149 e. The SMILES string of the molecule is CC(C)c1cnn(CCS(C)(=O)=O)c1. The Bertz CT molecular complexity index is 393. The molecule has 0 N–H and O–H groups in total. The Labute approximate surface area is 84.9 Å². The van der Waals surface area contributed by atoms with Crippen molar-refractivity contribution in [3.8, 4) is 0 Å². The van der Waals surface area contributed by atoms with Crippen LogP contribution in [0.4, 0.5) is 0 Å². The Morgan fingerprint density at radius 2 is 2.14 bits per heavy atom. The summed E-state index contributed by atoms with van der Waals surface area (Å²) in [7, 11) is -2.89. The fraction of sp³-hybridized carbons (Fsp3) is 0.667. The lowest BCUT2D eigenvalue weighted by Gasteiger charge is -2.00. The highest BCUT2D eigenvalue weighted by Gasteiger charge is 2.05. The van der Waals surface area contributed by atoms with Gasteiger partial charge in [-0.1, -0.05) is 13.8 Å². The first kappa shape index (κ1) is 11.2. The van der Waals surface area contributed by atoms with E-state index in [1.54, 1.807) is 10.9 Å². The van der Waals surface area contributed by atoms with Gasteiger partial charge in [0.25, 0.3) is 0 Å². The summed E-state index contributed by atoms with van der Waals surface area (Å²) in [5.41, 5.74) is 1.14. The van der Waals surface area contributed by atoms with Gasteiger partial charge in [0.1, 0.15) is 9.84 Å². The molecule has 1 aromatic heterocycles. The molecule has 1 rings (SSSR count). The van der Waals surface area contributed by atoms with E-state index in [-0.39, 0.29) is 5.75 Å². The molecule has 1 heterocycles. The van der Waals surface area contributed by atoms with E-state index in [1.165, 1.54) is 6.26 Å². The van der Waals surface area contributed by atoms with Crippen molar-refractivity contribution in [3.63, 3.8) is 0 Å². The first-order valence-electron chi connectivity index (χ1n) is 4.58. The van der Waals surface area contributed by atoms with E-state index in [2.05, 4.69) is 18.9 Å². The molecule has 14 heavy (non-hydrogen) atoms. The smallest absolute Gasteiger partial charge is 0.149 e. The van der Waals surface area contributed by atoms with Crippen LogP contribution >= 0.6 is 0 Å². The summed E-state index contributed by atoms with van der Waals surface area (Å²) in [6, 6.07) is 0. The van der Waals surface area contributed by atoms with Crippen LogP contribution in [0.2, 0.25) is 0 Å². The molecule has 5 heteroatoms. The third-order valence-electron chi connectivity index (χ3n) is 2.01. The second-order valence-electron chi connectivity index (χ2n) is 3.82. The maximum atomic E-state index is 10.9. The van der Waals surface area contributed by atoms with Gasteiger partial charge in [-0.05, 0) is 11.5 Å². The summed E-state index contributed by atoms with van der Waals surface area (Å²) >= 11 is 0. The molecule has 0 unspecified atom stereocenters. The van der Waals surface area contributed by atoms with Gasteiger partial charge >= 0.3 is 0 Å². The molecule has 0 aromatic carbocycles. The number of hydrogen-bond donors (Lipinski definition) is 0. The summed E-state index contributed by atoms with van der Waals surface area (Å²) < 4.78 is 23.5. The van der Waals surface area contributed by atoms with Crippen molar-refractivity contribution in [1.82, 2.24) is 9.78 Å². The third-order valence-corrected chi connectivity index (χ3v) is 2.94. The zero-order valence-corrected chi connectivity index (χ0v) is 9.58. The van der Waals surface area contributed by atoms with Gasteiger partial charge < -0.3 is 0 Å². The predicted molar refractivity (Wildman–Crippen MR) is 56.0 cm³/mol. The zero-order chi connectivity index (χ0) is 10.8. The zero-order valence-electron chi connectivity index (χ0n) is 8.77. The molecule has 0 saturated carbocycles. The lowest BCUT2D eigenvalue weighted by atomic mass is 10.1. The molecule has 1 aromatic rings. The molecule has 0 saturated heterocycles. The molecule has 0 radical (unpaired) electrons. The summed E-state index contributed by atoms with van der Waals surface area (Å²) in [4.78, 5) is 0. The van der Waals surface area contributed by atoms with Crippen molar-refractivity contribution < 1.29 is 8.42 Å². The normalized spacial score (nSPS) is 12.3. The molecule has 80 valence electrons. The van der Waals surface area contributed by atoms with Crippen LogP contribution in [-0.2, 0) is 16.4 Å². The second-order valence-corrected chi connectivity index (χ2v) is 6.08. The number of sulfone groups is 1. The number of rotatable bonds is 4. The van der Waals surface area contributed by atoms with Crippen molar-refractivity contribution >= 4 is 9.84 Å². The van der Waals surface area contributed by atoms with Gasteiger partial charge in [0.15, 0.2) is 0 Å². The maximum absolute atomic E-state index is 10.9.